The lowest BCUT2D eigenvalue weighted by Gasteiger charge is -2.25. The average molecular weight is 583 g/mol. The molecule has 2 aromatic carbocycles. The van der Waals surface area contributed by atoms with Gasteiger partial charge in [-0.15, -0.1) is 0 Å². The topological polar surface area (TPSA) is 86.5 Å². The van der Waals surface area contributed by atoms with Gasteiger partial charge in [0.15, 0.2) is 22.3 Å². The van der Waals surface area contributed by atoms with Gasteiger partial charge >= 0.3 is 0 Å². The molecule has 1 aliphatic rings. The fourth-order valence-corrected chi connectivity index (χ4v) is 6.98. The van der Waals surface area contributed by atoms with Gasteiger partial charge < -0.3 is 14.4 Å². The molecule has 5 aromatic rings. The molecule has 0 amide bonds. The molecule has 0 unspecified atom stereocenters. The van der Waals surface area contributed by atoms with Crippen molar-refractivity contribution >= 4 is 37.5 Å². The molecule has 0 bridgehead atoms. The Morgan fingerprint density at radius 3 is 2.48 bits per heavy atom. The van der Waals surface area contributed by atoms with Gasteiger partial charge in [0, 0.05) is 59.8 Å². The number of methoxy groups -OCH3 is 1. The van der Waals surface area contributed by atoms with E-state index in [1.807, 2.05) is 6.92 Å². The number of halogens is 2. The molecule has 0 spiro atoms. The first-order chi connectivity index (χ1) is 19.3. The third kappa shape index (κ3) is 4.61. The summed E-state index contributed by atoms with van der Waals surface area (Å²) in [5.74, 6) is -1.93. The number of fused-ring (bicyclic) bond motifs is 1. The normalized spacial score (nSPS) is 14.2. The highest BCUT2D eigenvalue weighted by Gasteiger charge is 2.26. The van der Waals surface area contributed by atoms with Gasteiger partial charge in [0.25, 0.3) is 10.0 Å². The second-order valence-corrected chi connectivity index (χ2v) is 12.2. The van der Waals surface area contributed by atoms with Gasteiger partial charge in [0.1, 0.15) is 5.82 Å². The van der Waals surface area contributed by atoms with Crippen molar-refractivity contribution in [3.8, 4) is 27.3 Å². The Morgan fingerprint density at radius 2 is 1.75 bits per heavy atom. The van der Waals surface area contributed by atoms with Crippen LogP contribution >= 0.6 is 11.3 Å². The van der Waals surface area contributed by atoms with E-state index in [1.54, 1.807) is 30.6 Å². The van der Waals surface area contributed by atoms with E-state index in [2.05, 4.69) is 14.9 Å². The number of rotatable bonds is 6. The first-order valence-electron chi connectivity index (χ1n) is 12.4. The lowest BCUT2D eigenvalue weighted by molar-refractivity contribution is 0.122. The van der Waals surface area contributed by atoms with Crippen LogP contribution in [0.4, 0.5) is 13.9 Å². The fourth-order valence-electron chi connectivity index (χ4n) is 4.70. The van der Waals surface area contributed by atoms with Crippen molar-refractivity contribution in [1.82, 2.24) is 13.9 Å². The fraction of sp³-hybridized carbons (Fsp3) is 0.214. The van der Waals surface area contributed by atoms with Gasteiger partial charge in [0.05, 0.1) is 30.1 Å². The molecule has 1 fully saturated rings. The van der Waals surface area contributed by atoms with Crippen LogP contribution in [0.2, 0.25) is 0 Å². The third-order valence-corrected chi connectivity index (χ3v) is 9.52. The number of hydrogen-bond donors (Lipinski definition) is 0. The summed E-state index contributed by atoms with van der Waals surface area (Å²) < 4.78 is 68.4. The van der Waals surface area contributed by atoms with Crippen molar-refractivity contribution in [1.29, 1.82) is 0 Å². The number of ether oxygens (including phenoxy) is 2. The SMILES string of the molecule is COc1c(F)cc(F)cc1-c1cn(S(=O)(=O)c2ccc(C)cc2)c2ncc(-c3cnc(N4CCOCC4)s3)cc12. The van der Waals surface area contributed by atoms with Crippen LogP contribution in [0.1, 0.15) is 5.56 Å². The second-order valence-electron chi connectivity index (χ2n) is 9.33. The minimum atomic E-state index is -4.10. The molecule has 206 valence electrons. The molecule has 6 rings (SSSR count). The number of morpholine rings is 1. The Labute approximate surface area is 233 Å². The highest BCUT2D eigenvalue weighted by Crippen LogP contribution is 2.41. The number of thiazole rings is 1. The summed E-state index contributed by atoms with van der Waals surface area (Å²) >= 11 is 1.48. The summed E-state index contributed by atoms with van der Waals surface area (Å²) in [5.41, 5.74) is 2.03. The highest BCUT2D eigenvalue weighted by molar-refractivity contribution is 7.90. The minimum absolute atomic E-state index is 0.0578. The number of aromatic nitrogens is 3. The van der Waals surface area contributed by atoms with E-state index in [0.717, 1.165) is 44.8 Å². The standard InChI is InChI=1S/C28H24F2N4O4S2/c1-17-3-5-20(6-4-17)40(35,36)34-16-23(21-12-19(29)13-24(30)26(21)37-2)22-11-18(14-31-27(22)34)25-15-32-28(39-25)33-7-9-38-10-8-33/h3-6,11-16H,7-10H2,1-2H3. The molecule has 40 heavy (non-hydrogen) atoms. The van der Waals surface area contributed by atoms with Crippen molar-refractivity contribution < 1.29 is 26.7 Å². The predicted octanol–water partition coefficient (Wildman–Crippen LogP) is 5.50. The van der Waals surface area contributed by atoms with Crippen LogP contribution in [0.25, 0.3) is 32.6 Å². The summed E-state index contributed by atoms with van der Waals surface area (Å²) in [5, 5.41) is 1.23. The summed E-state index contributed by atoms with van der Waals surface area (Å²) in [6.07, 6.45) is 4.65. The largest absolute Gasteiger partial charge is 0.493 e. The molecule has 0 radical (unpaired) electrons. The summed E-state index contributed by atoms with van der Waals surface area (Å²) in [6.45, 7) is 4.58. The van der Waals surface area contributed by atoms with E-state index in [4.69, 9.17) is 9.47 Å². The molecule has 1 aliphatic heterocycles. The number of benzene rings is 2. The zero-order valence-electron chi connectivity index (χ0n) is 21.6. The summed E-state index contributed by atoms with van der Waals surface area (Å²) in [7, 11) is -2.83. The van der Waals surface area contributed by atoms with Crippen LogP contribution in [-0.2, 0) is 14.8 Å². The third-order valence-electron chi connectivity index (χ3n) is 6.75. The number of nitrogens with zero attached hydrogens (tertiary/aromatic N) is 4. The van der Waals surface area contributed by atoms with Crippen LogP contribution in [0.15, 0.2) is 66.0 Å². The number of hydrogen-bond acceptors (Lipinski definition) is 8. The molecule has 0 atom stereocenters. The van der Waals surface area contributed by atoms with Gasteiger partial charge in [-0.25, -0.2) is 31.1 Å². The second kappa shape index (κ2) is 10.3. The molecular formula is C28H24F2N4O4S2. The highest BCUT2D eigenvalue weighted by atomic mass is 32.2. The smallest absolute Gasteiger partial charge is 0.269 e. The lowest BCUT2D eigenvalue weighted by Crippen LogP contribution is -2.36. The molecule has 4 heterocycles. The maximum atomic E-state index is 14.7. The van der Waals surface area contributed by atoms with E-state index in [9.17, 15) is 17.2 Å². The molecule has 3 aromatic heterocycles. The van der Waals surface area contributed by atoms with Crippen LogP contribution in [0, 0.1) is 18.6 Å². The minimum Gasteiger partial charge on any atom is -0.493 e. The Hall–Kier alpha value is -3.87. The molecule has 12 heteroatoms. The maximum absolute atomic E-state index is 14.7. The van der Waals surface area contributed by atoms with E-state index in [1.165, 1.54) is 36.8 Å². The van der Waals surface area contributed by atoms with Crippen molar-refractivity contribution in [2.45, 2.75) is 11.8 Å². The van der Waals surface area contributed by atoms with E-state index >= 15 is 0 Å². The van der Waals surface area contributed by atoms with Gasteiger partial charge in [-0.3, -0.25) is 0 Å². The summed E-state index contributed by atoms with van der Waals surface area (Å²) in [6, 6.07) is 10.0. The number of pyridine rings is 1. The zero-order valence-corrected chi connectivity index (χ0v) is 23.2. The van der Waals surface area contributed by atoms with Crippen LogP contribution in [0.5, 0.6) is 5.75 Å². The van der Waals surface area contributed by atoms with Gasteiger partial charge in [-0.1, -0.05) is 29.0 Å². The average Bonchev–Trinajstić information content (AvgIpc) is 3.59. The van der Waals surface area contributed by atoms with Gasteiger partial charge in [-0.2, -0.15) is 0 Å². The van der Waals surface area contributed by atoms with Gasteiger partial charge in [-0.05, 0) is 31.2 Å². The summed E-state index contributed by atoms with van der Waals surface area (Å²) in [4.78, 5) is 12.1. The van der Waals surface area contributed by atoms with Crippen LogP contribution < -0.4 is 9.64 Å². The monoisotopic (exact) mass is 582 g/mol. The molecule has 8 nitrogen and oxygen atoms in total. The molecule has 1 saturated heterocycles. The first-order valence-corrected chi connectivity index (χ1v) is 14.7. The zero-order chi connectivity index (χ0) is 28.0. The first kappa shape index (κ1) is 26.4. The Balaban J connectivity index is 1.55. The molecule has 0 N–H and O–H groups in total. The van der Waals surface area contributed by atoms with Gasteiger partial charge in [0.2, 0.25) is 0 Å². The molecule has 0 saturated carbocycles. The molecular weight excluding hydrogens is 558 g/mol. The van der Waals surface area contributed by atoms with Crippen molar-refractivity contribution in [2.24, 2.45) is 0 Å². The predicted molar refractivity (Wildman–Crippen MR) is 150 cm³/mol. The molecule has 0 aliphatic carbocycles. The van der Waals surface area contributed by atoms with Crippen LogP contribution in [-0.4, -0.2) is 55.8 Å². The Kier molecular flexibility index (Phi) is 6.77. The quantitative estimate of drug-likeness (QED) is 0.262. The van der Waals surface area contributed by atoms with Crippen molar-refractivity contribution in [3.05, 3.63) is 78.3 Å². The maximum Gasteiger partial charge on any atom is 0.269 e. The Morgan fingerprint density at radius 1 is 1.00 bits per heavy atom. The van der Waals surface area contributed by atoms with Crippen molar-refractivity contribution in [3.63, 3.8) is 0 Å². The van der Waals surface area contributed by atoms with E-state index in [0.29, 0.717) is 24.2 Å². The lowest BCUT2D eigenvalue weighted by atomic mass is 10.0. The van der Waals surface area contributed by atoms with Crippen LogP contribution in [0.3, 0.4) is 0 Å². The Bertz CT molecular complexity index is 1830. The van der Waals surface area contributed by atoms with E-state index in [-0.39, 0.29) is 27.4 Å². The van der Waals surface area contributed by atoms with Crippen molar-refractivity contribution in [2.75, 3.05) is 38.3 Å². The number of anilines is 1. The van der Waals surface area contributed by atoms with E-state index < -0.39 is 21.7 Å². The number of aryl methyl sites for hydroxylation is 1.